The van der Waals surface area contributed by atoms with Gasteiger partial charge in [0.1, 0.15) is 29.4 Å². The van der Waals surface area contributed by atoms with Gasteiger partial charge in [-0.05, 0) is 54.7 Å². The van der Waals surface area contributed by atoms with Crippen LogP contribution >= 0.6 is 0 Å². The van der Waals surface area contributed by atoms with E-state index < -0.39 is 68.7 Å². The van der Waals surface area contributed by atoms with Crippen LogP contribution in [0, 0.1) is 22.7 Å². The Kier molecular flexibility index (Phi) is 8.69. The molecule has 44 heavy (non-hydrogen) atoms. The van der Waals surface area contributed by atoms with Crippen LogP contribution in [-0.2, 0) is 41.5 Å². The van der Waals surface area contributed by atoms with Gasteiger partial charge in [-0.1, -0.05) is 47.6 Å². The first kappa shape index (κ1) is 33.4. The molecule has 1 aromatic carbocycles. The Morgan fingerprint density at radius 2 is 1.70 bits per heavy atom. The highest BCUT2D eigenvalue weighted by Gasteiger charge is 2.72. The molecule has 0 aliphatic heterocycles. The Labute approximate surface area is 257 Å². The van der Waals surface area contributed by atoms with E-state index in [-0.39, 0.29) is 61.7 Å². The molecule has 0 radical (unpaired) electrons. The number of aromatic hydroxyl groups is 1. The zero-order chi connectivity index (χ0) is 33.1. The maximum atomic E-state index is 14.5. The number of rotatable bonds is 9. The second kappa shape index (κ2) is 11.5. The number of Topliss-reactive ketones (excluding diaryl/α,β-unsaturated/α-hetero) is 3. The number of carbonyl (C=O) groups is 4. The highest BCUT2D eigenvalue weighted by Crippen LogP contribution is 2.65. The summed E-state index contributed by atoms with van der Waals surface area (Å²) in [4.78, 5) is 53.0. The molecular formula is C34H44O10. The Hall–Kier alpha value is -3.50. The monoisotopic (exact) mass is 612 g/mol. The maximum Gasteiger partial charge on any atom is 0.306 e. The van der Waals surface area contributed by atoms with Crippen molar-refractivity contribution in [1.82, 2.24) is 0 Å². The number of esters is 1. The minimum Gasteiger partial charge on any atom is -0.508 e. The molecule has 0 aromatic heterocycles. The predicted octanol–water partition coefficient (Wildman–Crippen LogP) is 4.44. The summed E-state index contributed by atoms with van der Waals surface area (Å²) in [6, 6.07) is 1.81. The largest absolute Gasteiger partial charge is 0.508 e. The van der Waals surface area contributed by atoms with Gasteiger partial charge < -0.3 is 29.9 Å². The molecule has 1 fully saturated rings. The third kappa shape index (κ3) is 4.77. The Bertz CT molecular complexity index is 1500. The number of methoxy groups -OCH3 is 1. The molecule has 0 saturated heterocycles. The summed E-state index contributed by atoms with van der Waals surface area (Å²) in [7, 11) is 1.49. The van der Waals surface area contributed by atoms with Crippen molar-refractivity contribution >= 4 is 29.1 Å². The molecule has 3 aliphatic carbocycles. The van der Waals surface area contributed by atoms with Gasteiger partial charge in [-0.25, -0.2) is 0 Å². The molecule has 0 spiro atoms. The van der Waals surface area contributed by atoms with Crippen LogP contribution in [0.25, 0.3) is 5.76 Å². The fraction of sp³-hybridized carbons (Fsp3) is 0.588. The molecule has 1 saturated carbocycles. The minimum atomic E-state index is -2.67. The number of aryl methyl sites for hydroxylation is 1. The van der Waals surface area contributed by atoms with Crippen LogP contribution in [-0.4, -0.2) is 69.7 Å². The van der Waals surface area contributed by atoms with Crippen molar-refractivity contribution in [2.45, 2.75) is 85.7 Å². The lowest BCUT2D eigenvalue weighted by molar-refractivity contribution is -0.178. The van der Waals surface area contributed by atoms with Gasteiger partial charge in [0.15, 0.2) is 17.2 Å². The summed E-state index contributed by atoms with van der Waals surface area (Å²) in [5, 5.41) is 46.9. The van der Waals surface area contributed by atoms with E-state index in [1.807, 2.05) is 13.8 Å². The summed E-state index contributed by atoms with van der Waals surface area (Å²) in [6.07, 6.45) is 0.280. The smallest absolute Gasteiger partial charge is 0.306 e. The zero-order valence-corrected chi connectivity index (χ0v) is 26.8. The predicted molar refractivity (Wildman–Crippen MR) is 161 cm³/mol. The van der Waals surface area contributed by atoms with E-state index in [0.717, 1.165) is 12.5 Å². The molecule has 1 unspecified atom stereocenters. The van der Waals surface area contributed by atoms with Gasteiger partial charge in [-0.2, -0.15) is 0 Å². The normalized spacial score (nSPS) is 28.3. The van der Waals surface area contributed by atoms with Gasteiger partial charge in [0.25, 0.3) is 0 Å². The van der Waals surface area contributed by atoms with Crippen molar-refractivity contribution in [2.24, 2.45) is 22.7 Å². The van der Waals surface area contributed by atoms with Gasteiger partial charge in [0.05, 0.1) is 12.2 Å². The van der Waals surface area contributed by atoms with Crippen LogP contribution < -0.4 is 0 Å². The van der Waals surface area contributed by atoms with Gasteiger partial charge in [-0.3, -0.25) is 19.2 Å². The number of phenolic OH excluding ortho intramolecular Hbond substituents is 1. The molecule has 4 rings (SSSR count). The first-order chi connectivity index (χ1) is 20.4. The molecule has 240 valence electrons. The number of ketones is 3. The second-order valence-electron chi connectivity index (χ2n) is 13.7. The quantitative estimate of drug-likeness (QED) is 0.178. The third-order valence-corrected chi connectivity index (χ3v) is 9.89. The van der Waals surface area contributed by atoms with Crippen LogP contribution in [0.5, 0.6) is 5.75 Å². The van der Waals surface area contributed by atoms with Gasteiger partial charge in [-0.15, -0.1) is 0 Å². The van der Waals surface area contributed by atoms with Crippen LogP contribution in [0.3, 0.4) is 0 Å². The molecule has 4 N–H and O–H groups in total. The molecule has 0 bridgehead atoms. The number of fused-ring (bicyclic) bond motifs is 3. The molecule has 1 aromatic rings. The lowest BCUT2D eigenvalue weighted by atomic mass is 9.43. The lowest BCUT2D eigenvalue weighted by Crippen LogP contribution is -2.69. The molecular weight excluding hydrogens is 568 g/mol. The highest BCUT2D eigenvalue weighted by atomic mass is 16.6. The topological polar surface area (TPSA) is 168 Å². The van der Waals surface area contributed by atoms with Crippen molar-refractivity contribution in [1.29, 1.82) is 0 Å². The zero-order valence-electron chi connectivity index (χ0n) is 26.8. The molecule has 0 heterocycles. The Morgan fingerprint density at radius 3 is 2.25 bits per heavy atom. The first-order valence-electron chi connectivity index (χ1n) is 15.1. The van der Waals surface area contributed by atoms with Gasteiger partial charge in [0.2, 0.25) is 5.78 Å². The standard InChI is InChI=1S/C34H44O10/c1-16(2)20-13-19(9-10-22(36)44-12-11-43-8)27(37)24-21(20)14-32(6)15-33(7)25(17(3)4)28(38)23(18(5)35)30(40)34(33,42)31(41)26(32)29(24)39/h13,16-17,25,37,39-40,42H,9-12,14-15H2,1-8H3/t25?,32-,33-,34+/m1/s1. The Balaban J connectivity index is 1.94. The highest BCUT2D eigenvalue weighted by molar-refractivity contribution is 6.24. The molecule has 10 nitrogen and oxygen atoms in total. The lowest BCUT2D eigenvalue weighted by Gasteiger charge is -2.60. The van der Waals surface area contributed by atoms with E-state index in [0.29, 0.717) is 11.1 Å². The van der Waals surface area contributed by atoms with E-state index in [4.69, 9.17) is 9.47 Å². The van der Waals surface area contributed by atoms with Crippen LogP contribution in [0.15, 0.2) is 23.0 Å². The summed E-state index contributed by atoms with van der Waals surface area (Å²) in [6.45, 7) is 12.3. The van der Waals surface area contributed by atoms with Gasteiger partial charge in [0, 0.05) is 35.9 Å². The number of aliphatic hydroxyl groups excluding tert-OH is 2. The first-order valence-corrected chi connectivity index (χ1v) is 15.1. The van der Waals surface area contributed by atoms with Crippen molar-refractivity contribution in [3.8, 4) is 5.75 Å². The van der Waals surface area contributed by atoms with E-state index in [9.17, 15) is 39.6 Å². The minimum absolute atomic E-state index is 0.0261. The van der Waals surface area contributed by atoms with Gasteiger partial charge >= 0.3 is 5.97 Å². The summed E-state index contributed by atoms with van der Waals surface area (Å²) in [5.74, 6) is -6.15. The van der Waals surface area contributed by atoms with E-state index in [1.54, 1.807) is 33.8 Å². The van der Waals surface area contributed by atoms with Crippen molar-refractivity contribution in [3.63, 3.8) is 0 Å². The summed E-state index contributed by atoms with van der Waals surface area (Å²) in [5.41, 5.74) is -4.22. The average molecular weight is 613 g/mol. The van der Waals surface area contributed by atoms with Crippen molar-refractivity contribution in [2.75, 3.05) is 20.3 Å². The maximum absolute atomic E-state index is 14.5. The fourth-order valence-corrected chi connectivity index (χ4v) is 8.12. The SMILES string of the molecule is COCCOC(=O)CCc1cc(C(C)C)c2c(c1O)C(O)=C1C(=O)[C@@]3(O)C(O)=C(C(C)=O)C(=O)C(C(C)C)[C@@]3(C)C[C@@]1(C)C2. The molecule has 3 aliphatic rings. The number of phenols is 1. The number of aliphatic hydroxyl groups is 3. The van der Waals surface area contributed by atoms with E-state index in [1.165, 1.54) is 7.11 Å². The number of ether oxygens (including phenoxy) is 2. The third-order valence-electron chi connectivity index (χ3n) is 9.89. The number of carbonyl (C=O) groups excluding carboxylic acids is 4. The second-order valence-corrected chi connectivity index (χ2v) is 13.7. The van der Waals surface area contributed by atoms with Crippen molar-refractivity contribution in [3.05, 3.63) is 45.2 Å². The number of allylic oxidation sites excluding steroid dienone is 1. The van der Waals surface area contributed by atoms with Crippen LogP contribution in [0.4, 0.5) is 0 Å². The fourth-order valence-electron chi connectivity index (χ4n) is 8.12. The number of hydrogen-bond donors (Lipinski definition) is 4. The number of hydrogen-bond acceptors (Lipinski definition) is 10. The van der Waals surface area contributed by atoms with E-state index in [2.05, 4.69) is 0 Å². The molecule has 0 amide bonds. The van der Waals surface area contributed by atoms with Crippen LogP contribution in [0.1, 0.15) is 89.5 Å². The molecule has 4 atom stereocenters. The van der Waals surface area contributed by atoms with Crippen LogP contribution in [0.2, 0.25) is 0 Å². The average Bonchev–Trinajstić information content (AvgIpc) is 2.89. The van der Waals surface area contributed by atoms with E-state index >= 15 is 0 Å². The number of benzene rings is 1. The summed E-state index contributed by atoms with van der Waals surface area (Å²) >= 11 is 0. The van der Waals surface area contributed by atoms with Crippen molar-refractivity contribution < 1.29 is 49.1 Å². The summed E-state index contributed by atoms with van der Waals surface area (Å²) < 4.78 is 10.0. The Morgan fingerprint density at radius 1 is 1.07 bits per heavy atom. The molecule has 10 heteroatoms.